The van der Waals surface area contributed by atoms with Crippen molar-refractivity contribution < 1.29 is 9.21 Å². The number of amides is 1. The Morgan fingerprint density at radius 2 is 1.80 bits per heavy atom. The Bertz CT molecular complexity index is 643. The summed E-state index contributed by atoms with van der Waals surface area (Å²) in [7, 11) is 4.00. The van der Waals surface area contributed by atoms with E-state index in [9.17, 15) is 4.79 Å². The summed E-state index contributed by atoms with van der Waals surface area (Å²) in [5.41, 5.74) is 3.32. The zero-order chi connectivity index (χ0) is 18.2. The predicted molar refractivity (Wildman–Crippen MR) is 102 cm³/mol. The molecule has 1 atom stereocenters. The molecule has 0 fully saturated rings. The number of furan rings is 1. The normalized spacial score (nSPS) is 12.4. The Kier molecular flexibility index (Phi) is 7.22. The van der Waals surface area contributed by atoms with E-state index in [1.54, 1.807) is 6.26 Å². The van der Waals surface area contributed by atoms with Gasteiger partial charge in [-0.05, 0) is 50.2 Å². The number of nitrogens with zero attached hydrogens (tertiary/aromatic N) is 1. The number of aryl methyl sites for hydroxylation is 2. The van der Waals surface area contributed by atoms with Crippen molar-refractivity contribution in [3.05, 3.63) is 53.5 Å². The Hall–Kier alpha value is -2.11. The molecule has 0 saturated heterocycles. The van der Waals surface area contributed by atoms with Gasteiger partial charge in [0.2, 0.25) is 5.91 Å². The molecular formula is C20H29N3O2. The molecule has 0 saturated carbocycles. The van der Waals surface area contributed by atoms with Gasteiger partial charge in [0.15, 0.2) is 0 Å². The average molecular weight is 343 g/mol. The van der Waals surface area contributed by atoms with Gasteiger partial charge in [0.1, 0.15) is 5.76 Å². The van der Waals surface area contributed by atoms with Gasteiger partial charge in [-0.3, -0.25) is 9.69 Å². The van der Waals surface area contributed by atoms with Crippen LogP contribution in [-0.4, -0.2) is 38.0 Å². The Labute approximate surface area is 150 Å². The summed E-state index contributed by atoms with van der Waals surface area (Å²) in [5.74, 6) is 0.870. The van der Waals surface area contributed by atoms with Gasteiger partial charge in [0, 0.05) is 12.2 Å². The van der Waals surface area contributed by atoms with Crippen LogP contribution >= 0.6 is 0 Å². The summed E-state index contributed by atoms with van der Waals surface area (Å²) in [6, 6.07) is 10.1. The number of hydrogen-bond acceptors (Lipinski definition) is 4. The Morgan fingerprint density at radius 1 is 1.12 bits per heavy atom. The molecule has 0 aliphatic rings. The number of carbonyl (C=O) groups is 1. The topological polar surface area (TPSA) is 57.5 Å². The lowest BCUT2D eigenvalue weighted by Gasteiger charge is -2.22. The second kappa shape index (κ2) is 9.39. The van der Waals surface area contributed by atoms with Gasteiger partial charge in [-0.1, -0.05) is 32.0 Å². The van der Waals surface area contributed by atoms with Crippen molar-refractivity contribution in [2.24, 2.45) is 0 Å². The van der Waals surface area contributed by atoms with Crippen molar-refractivity contribution in [2.75, 3.05) is 32.5 Å². The highest BCUT2D eigenvalue weighted by molar-refractivity contribution is 5.93. The van der Waals surface area contributed by atoms with E-state index >= 15 is 0 Å². The number of anilines is 1. The third-order valence-corrected chi connectivity index (χ3v) is 4.38. The molecule has 0 radical (unpaired) electrons. The van der Waals surface area contributed by atoms with E-state index in [1.165, 1.54) is 11.1 Å². The predicted octanol–water partition coefficient (Wildman–Crippen LogP) is 3.24. The first-order valence-corrected chi connectivity index (χ1v) is 8.87. The molecule has 0 unspecified atom stereocenters. The quantitative estimate of drug-likeness (QED) is 0.734. The van der Waals surface area contributed by atoms with Gasteiger partial charge in [-0.2, -0.15) is 0 Å². The lowest BCUT2D eigenvalue weighted by Crippen LogP contribution is -2.35. The fourth-order valence-corrected chi connectivity index (χ4v) is 2.93. The first kappa shape index (κ1) is 19.2. The second-order valence-electron chi connectivity index (χ2n) is 6.33. The van der Waals surface area contributed by atoms with Crippen molar-refractivity contribution in [1.82, 2.24) is 10.2 Å². The van der Waals surface area contributed by atoms with Crippen LogP contribution in [0.2, 0.25) is 0 Å². The standard InChI is InChI=1S/C20H29N3O2/c1-5-15-9-7-10-16(6-2)20(15)22-19(24)14-21-13-17(23(3)4)18-11-8-12-25-18/h7-12,17,21H,5-6,13-14H2,1-4H3,(H,22,24)/t17-/m0/s1. The number of hydrogen-bond donors (Lipinski definition) is 2. The van der Waals surface area contributed by atoms with Crippen molar-refractivity contribution in [1.29, 1.82) is 0 Å². The Morgan fingerprint density at radius 3 is 2.32 bits per heavy atom. The molecule has 0 bridgehead atoms. The van der Waals surface area contributed by atoms with Gasteiger partial charge >= 0.3 is 0 Å². The average Bonchev–Trinajstić information content (AvgIpc) is 3.12. The molecule has 2 rings (SSSR count). The van der Waals surface area contributed by atoms with E-state index in [-0.39, 0.29) is 18.5 Å². The lowest BCUT2D eigenvalue weighted by molar-refractivity contribution is -0.115. The summed E-state index contributed by atoms with van der Waals surface area (Å²) in [6.45, 7) is 5.12. The highest BCUT2D eigenvalue weighted by Gasteiger charge is 2.17. The van der Waals surface area contributed by atoms with Crippen LogP contribution in [0.15, 0.2) is 41.0 Å². The van der Waals surface area contributed by atoms with Gasteiger partial charge in [0.05, 0.1) is 18.8 Å². The molecule has 0 aliphatic carbocycles. The zero-order valence-corrected chi connectivity index (χ0v) is 15.6. The van der Waals surface area contributed by atoms with Gasteiger partial charge < -0.3 is 15.1 Å². The van der Waals surface area contributed by atoms with Gasteiger partial charge in [0.25, 0.3) is 0 Å². The molecule has 1 aromatic carbocycles. The molecule has 1 aromatic heterocycles. The minimum atomic E-state index is -0.0208. The number of rotatable bonds is 9. The van der Waals surface area contributed by atoms with Crippen molar-refractivity contribution in [3.8, 4) is 0 Å². The molecule has 2 N–H and O–H groups in total. The van der Waals surface area contributed by atoms with Crippen LogP contribution in [0.1, 0.15) is 36.8 Å². The van der Waals surface area contributed by atoms with Crippen LogP contribution in [0.3, 0.4) is 0 Å². The van der Waals surface area contributed by atoms with Crippen LogP contribution in [0.5, 0.6) is 0 Å². The van der Waals surface area contributed by atoms with E-state index in [0.29, 0.717) is 6.54 Å². The summed E-state index contributed by atoms with van der Waals surface area (Å²) in [6.07, 6.45) is 3.47. The maximum atomic E-state index is 12.4. The summed E-state index contributed by atoms with van der Waals surface area (Å²) < 4.78 is 5.49. The van der Waals surface area contributed by atoms with Crippen LogP contribution in [-0.2, 0) is 17.6 Å². The van der Waals surface area contributed by atoms with Crippen LogP contribution in [0.25, 0.3) is 0 Å². The number of likely N-dealkylation sites (N-methyl/N-ethyl adjacent to an activating group) is 1. The van der Waals surface area contributed by atoms with Crippen LogP contribution in [0, 0.1) is 0 Å². The van der Waals surface area contributed by atoms with E-state index in [0.717, 1.165) is 24.3 Å². The van der Waals surface area contributed by atoms with Gasteiger partial charge in [-0.25, -0.2) is 0 Å². The second-order valence-corrected chi connectivity index (χ2v) is 6.33. The first-order valence-electron chi connectivity index (χ1n) is 8.87. The summed E-state index contributed by atoms with van der Waals surface area (Å²) >= 11 is 0. The molecule has 2 aromatic rings. The van der Waals surface area contributed by atoms with E-state index < -0.39 is 0 Å². The number of benzene rings is 1. The highest BCUT2D eigenvalue weighted by atomic mass is 16.3. The molecule has 5 nitrogen and oxygen atoms in total. The van der Waals surface area contributed by atoms with E-state index in [1.807, 2.05) is 26.2 Å². The smallest absolute Gasteiger partial charge is 0.238 e. The molecule has 0 aliphatic heterocycles. The maximum Gasteiger partial charge on any atom is 0.238 e. The largest absolute Gasteiger partial charge is 0.468 e. The first-order chi connectivity index (χ1) is 12.1. The van der Waals surface area contributed by atoms with E-state index in [4.69, 9.17) is 4.42 Å². The van der Waals surface area contributed by atoms with Crippen molar-refractivity contribution in [2.45, 2.75) is 32.7 Å². The highest BCUT2D eigenvalue weighted by Crippen LogP contribution is 2.22. The fraction of sp³-hybridized carbons (Fsp3) is 0.450. The molecule has 1 heterocycles. The molecule has 0 spiro atoms. The zero-order valence-electron chi connectivity index (χ0n) is 15.6. The minimum absolute atomic E-state index is 0.0208. The van der Waals surface area contributed by atoms with Crippen LogP contribution < -0.4 is 10.6 Å². The third kappa shape index (κ3) is 5.18. The molecule has 136 valence electrons. The van der Waals surface area contributed by atoms with Crippen molar-refractivity contribution in [3.63, 3.8) is 0 Å². The number of carbonyl (C=O) groups excluding carboxylic acids is 1. The lowest BCUT2D eigenvalue weighted by atomic mass is 10.0. The minimum Gasteiger partial charge on any atom is -0.468 e. The molecule has 1 amide bonds. The van der Waals surface area contributed by atoms with Crippen LogP contribution in [0.4, 0.5) is 5.69 Å². The van der Waals surface area contributed by atoms with Gasteiger partial charge in [-0.15, -0.1) is 0 Å². The number of nitrogens with one attached hydrogen (secondary N) is 2. The molecule has 25 heavy (non-hydrogen) atoms. The van der Waals surface area contributed by atoms with E-state index in [2.05, 4.69) is 47.6 Å². The Balaban J connectivity index is 1.93. The molecular weight excluding hydrogens is 314 g/mol. The maximum absolute atomic E-state index is 12.4. The summed E-state index contributed by atoms with van der Waals surface area (Å²) in [4.78, 5) is 14.5. The summed E-state index contributed by atoms with van der Waals surface area (Å²) in [5, 5.41) is 6.32. The molecule has 5 heteroatoms. The SMILES string of the molecule is CCc1cccc(CC)c1NC(=O)CNC[C@@H](c1ccco1)N(C)C. The fourth-order valence-electron chi connectivity index (χ4n) is 2.93. The number of para-hydroxylation sites is 1. The third-order valence-electron chi connectivity index (χ3n) is 4.38. The van der Waals surface area contributed by atoms with Crippen molar-refractivity contribution >= 4 is 11.6 Å². The monoisotopic (exact) mass is 343 g/mol.